The molecule has 6 heteroatoms. The SMILES string of the molecule is Cc1ccc(C)c(CN2CCc3nnc(CNC(=O)Cc4ccccc4)n3CC2)c1. The molecule has 156 valence electrons. The summed E-state index contributed by atoms with van der Waals surface area (Å²) in [6, 6.07) is 16.4. The van der Waals surface area contributed by atoms with Crippen molar-refractivity contribution in [3.05, 3.63) is 82.4 Å². The lowest BCUT2D eigenvalue weighted by molar-refractivity contribution is -0.120. The van der Waals surface area contributed by atoms with Crippen molar-refractivity contribution in [1.29, 1.82) is 0 Å². The molecule has 1 N–H and O–H groups in total. The highest BCUT2D eigenvalue weighted by molar-refractivity contribution is 5.78. The van der Waals surface area contributed by atoms with E-state index in [0.717, 1.165) is 49.8 Å². The molecule has 2 heterocycles. The summed E-state index contributed by atoms with van der Waals surface area (Å²) in [5.41, 5.74) is 5.04. The molecule has 1 aromatic heterocycles. The van der Waals surface area contributed by atoms with E-state index in [4.69, 9.17) is 0 Å². The zero-order valence-corrected chi connectivity index (χ0v) is 17.8. The fourth-order valence-corrected chi connectivity index (χ4v) is 3.95. The number of aryl methyl sites for hydroxylation is 2. The number of nitrogens with zero attached hydrogens (tertiary/aromatic N) is 4. The Morgan fingerprint density at radius 1 is 1.03 bits per heavy atom. The maximum atomic E-state index is 12.3. The van der Waals surface area contributed by atoms with E-state index < -0.39 is 0 Å². The molecule has 4 rings (SSSR count). The summed E-state index contributed by atoms with van der Waals surface area (Å²) in [5, 5.41) is 11.7. The predicted octanol–water partition coefficient (Wildman–Crippen LogP) is 2.81. The van der Waals surface area contributed by atoms with Gasteiger partial charge >= 0.3 is 0 Å². The molecule has 0 radical (unpaired) electrons. The van der Waals surface area contributed by atoms with Crippen LogP contribution in [0.2, 0.25) is 0 Å². The van der Waals surface area contributed by atoms with E-state index in [-0.39, 0.29) is 5.91 Å². The van der Waals surface area contributed by atoms with Crippen LogP contribution in [0.25, 0.3) is 0 Å². The van der Waals surface area contributed by atoms with Gasteiger partial charge in [0.25, 0.3) is 0 Å². The van der Waals surface area contributed by atoms with Crippen LogP contribution in [0, 0.1) is 13.8 Å². The standard InChI is InChI=1S/C24H29N5O/c1-18-8-9-19(2)21(14-18)17-28-11-10-22-26-27-23(29(22)13-12-28)16-25-24(30)15-20-6-4-3-5-7-20/h3-9,14H,10-13,15-17H2,1-2H3,(H,25,30). The molecule has 1 aliphatic heterocycles. The molecule has 6 nitrogen and oxygen atoms in total. The number of carbonyl (C=O) groups excluding carboxylic acids is 1. The number of benzene rings is 2. The van der Waals surface area contributed by atoms with E-state index in [9.17, 15) is 4.79 Å². The third kappa shape index (κ3) is 4.94. The van der Waals surface area contributed by atoms with E-state index >= 15 is 0 Å². The Labute approximate surface area is 177 Å². The topological polar surface area (TPSA) is 63.1 Å². The third-order valence-corrected chi connectivity index (χ3v) is 5.75. The third-order valence-electron chi connectivity index (χ3n) is 5.75. The first-order chi connectivity index (χ1) is 14.6. The first-order valence-corrected chi connectivity index (χ1v) is 10.6. The molecule has 30 heavy (non-hydrogen) atoms. The van der Waals surface area contributed by atoms with Gasteiger partial charge in [-0.15, -0.1) is 10.2 Å². The smallest absolute Gasteiger partial charge is 0.224 e. The van der Waals surface area contributed by atoms with Crippen molar-refractivity contribution in [3.8, 4) is 0 Å². The molecule has 3 aromatic rings. The molecule has 0 saturated carbocycles. The van der Waals surface area contributed by atoms with Crippen molar-refractivity contribution in [2.45, 2.75) is 46.3 Å². The zero-order valence-electron chi connectivity index (χ0n) is 17.8. The molecular weight excluding hydrogens is 374 g/mol. The molecule has 1 aliphatic rings. The van der Waals surface area contributed by atoms with Crippen molar-refractivity contribution in [2.75, 3.05) is 13.1 Å². The number of fused-ring (bicyclic) bond motifs is 1. The normalized spacial score (nSPS) is 14.2. The maximum Gasteiger partial charge on any atom is 0.224 e. The second-order valence-corrected chi connectivity index (χ2v) is 8.08. The monoisotopic (exact) mass is 403 g/mol. The van der Waals surface area contributed by atoms with Crippen LogP contribution >= 0.6 is 0 Å². The largest absolute Gasteiger partial charge is 0.349 e. The number of hydrogen-bond acceptors (Lipinski definition) is 4. The van der Waals surface area contributed by atoms with Crippen LogP contribution in [-0.2, 0) is 37.3 Å². The van der Waals surface area contributed by atoms with Crippen LogP contribution in [0.4, 0.5) is 0 Å². The zero-order chi connectivity index (χ0) is 20.9. The van der Waals surface area contributed by atoms with E-state index in [1.54, 1.807) is 0 Å². The first-order valence-electron chi connectivity index (χ1n) is 10.6. The lowest BCUT2D eigenvalue weighted by Crippen LogP contribution is -2.28. The van der Waals surface area contributed by atoms with Crippen LogP contribution in [0.5, 0.6) is 0 Å². The lowest BCUT2D eigenvalue weighted by atomic mass is 10.1. The van der Waals surface area contributed by atoms with Gasteiger partial charge in [0.2, 0.25) is 5.91 Å². The van der Waals surface area contributed by atoms with Crippen LogP contribution in [0.3, 0.4) is 0 Å². The number of carbonyl (C=O) groups is 1. The summed E-state index contributed by atoms with van der Waals surface area (Å²) < 4.78 is 2.17. The molecule has 0 atom stereocenters. The summed E-state index contributed by atoms with van der Waals surface area (Å²) >= 11 is 0. The van der Waals surface area contributed by atoms with Crippen LogP contribution in [-0.4, -0.2) is 38.7 Å². The summed E-state index contributed by atoms with van der Waals surface area (Å²) in [6.45, 7) is 8.44. The molecule has 0 unspecified atom stereocenters. The van der Waals surface area contributed by atoms with E-state index in [2.05, 4.69) is 57.0 Å². The lowest BCUT2D eigenvalue weighted by Gasteiger charge is -2.21. The highest BCUT2D eigenvalue weighted by Crippen LogP contribution is 2.16. The predicted molar refractivity (Wildman–Crippen MR) is 117 cm³/mol. The van der Waals surface area contributed by atoms with Crippen molar-refractivity contribution in [2.24, 2.45) is 0 Å². The minimum Gasteiger partial charge on any atom is -0.349 e. The van der Waals surface area contributed by atoms with Gasteiger partial charge in [0, 0.05) is 32.6 Å². The quantitative estimate of drug-likeness (QED) is 0.688. The molecule has 0 spiro atoms. The average Bonchev–Trinajstić information content (AvgIpc) is 3.02. The van der Waals surface area contributed by atoms with Crippen molar-refractivity contribution in [3.63, 3.8) is 0 Å². The highest BCUT2D eigenvalue weighted by atomic mass is 16.1. The van der Waals surface area contributed by atoms with Gasteiger partial charge in [-0.1, -0.05) is 54.1 Å². The van der Waals surface area contributed by atoms with E-state index in [0.29, 0.717) is 13.0 Å². The molecule has 1 amide bonds. The Balaban J connectivity index is 1.34. The summed E-state index contributed by atoms with van der Waals surface area (Å²) in [6.07, 6.45) is 1.25. The Bertz CT molecular complexity index is 1010. The van der Waals surface area contributed by atoms with Gasteiger partial charge in [0.1, 0.15) is 5.82 Å². The summed E-state index contributed by atoms with van der Waals surface area (Å²) in [7, 11) is 0. The van der Waals surface area contributed by atoms with Gasteiger partial charge < -0.3 is 9.88 Å². The van der Waals surface area contributed by atoms with E-state index in [1.807, 2.05) is 30.3 Å². The molecule has 2 aromatic carbocycles. The fourth-order valence-electron chi connectivity index (χ4n) is 3.95. The average molecular weight is 404 g/mol. The van der Waals surface area contributed by atoms with Crippen molar-refractivity contribution in [1.82, 2.24) is 25.0 Å². The maximum absolute atomic E-state index is 12.3. The van der Waals surface area contributed by atoms with Gasteiger partial charge in [-0.3, -0.25) is 9.69 Å². The second kappa shape index (κ2) is 9.22. The van der Waals surface area contributed by atoms with Crippen molar-refractivity contribution < 1.29 is 4.79 Å². The number of aromatic nitrogens is 3. The van der Waals surface area contributed by atoms with Gasteiger partial charge in [-0.05, 0) is 30.5 Å². The van der Waals surface area contributed by atoms with Crippen LogP contribution in [0.15, 0.2) is 48.5 Å². The summed E-state index contributed by atoms with van der Waals surface area (Å²) in [5.74, 6) is 1.84. The van der Waals surface area contributed by atoms with Crippen LogP contribution < -0.4 is 5.32 Å². The minimum absolute atomic E-state index is 0.00345. The van der Waals surface area contributed by atoms with Gasteiger partial charge in [-0.25, -0.2) is 0 Å². The number of amides is 1. The van der Waals surface area contributed by atoms with Crippen molar-refractivity contribution >= 4 is 5.91 Å². The molecule has 0 saturated heterocycles. The highest BCUT2D eigenvalue weighted by Gasteiger charge is 2.19. The fraction of sp³-hybridized carbons (Fsp3) is 0.375. The molecule has 0 aliphatic carbocycles. The van der Waals surface area contributed by atoms with E-state index in [1.165, 1.54) is 16.7 Å². The van der Waals surface area contributed by atoms with Gasteiger partial charge in [-0.2, -0.15) is 0 Å². The second-order valence-electron chi connectivity index (χ2n) is 8.08. The molecule has 0 fully saturated rings. The Hall–Kier alpha value is -2.99. The Kier molecular flexibility index (Phi) is 6.23. The van der Waals surface area contributed by atoms with Crippen LogP contribution in [0.1, 0.15) is 33.9 Å². The Morgan fingerprint density at radius 2 is 1.87 bits per heavy atom. The summed E-state index contributed by atoms with van der Waals surface area (Å²) in [4.78, 5) is 14.8. The first kappa shape index (κ1) is 20.3. The van der Waals surface area contributed by atoms with Gasteiger partial charge in [0.15, 0.2) is 5.82 Å². The van der Waals surface area contributed by atoms with Gasteiger partial charge in [0.05, 0.1) is 13.0 Å². The number of hydrogen-bond donors (Lipinski definition) is 1. The Morgan fingerprint density at radius 3 is 2.70 bits per heavy atom. The molecule has 0 bridgehead atoms. The molecular formula is C24H29N5O. The number of nitrogens with one attached hydrogen (secondary N) is 1. The minimum atomic E-state index is 0.00345. The number of rotatable bonds is 6.